The van der Waals surface area contributed by atoms with Gasteiger partial charge in [-0.25, -0.2) is 0 Å². The predicted octanol–water partition coefficient (Wildman–Crippen LogP) is 3.61. The number of thioether (sulfide) groups is 1. The fraction of sp³-hybridized carbons (Fsp3) is 0.167. The second-order valence-corrected chi connectivity index (χ2v) is 9.36. The van der Waals surface area contributed by atoms with Gasteiger partial charge in [-0.1, -0.05) is 72.4 Å². The Kier molecular flexibility index (Phi) is 6.23. The number of thiophene rings is 1. The average molecular weight is 476 g/mol. The van der Waals surface area contributed by atoms with Crippen LogP contribution in [0.25, 0.3) is 16.0 Å². The number of amides is 1. The Morgan fingerprint density at radius 3 is 2.45 bits per heavy atom. The molecule has 0 aliphatic heterocycles. The van der Waals surface area contributed by atoms with Crippen LogP contribution in [0.1, 0.15) is 11.1 Å². The van der Waals surface area contributed by atoms with Gasteiger partial charge in [0.15, 0.2) is 5.16 Å². The fourth-order valence-electron chi connectivity index (χ4n) is 3.67. The van der Waals surface area contributed by atoms with Crippen molar-refractivity contribution in [1.29, 1.82) is 0 Å². The molecule has 0 aliphatic rings. The van der Waals surface area contributed by atoms with E-state index in [1.807, 2.05) is 76.5 Å². The highest BCUT2D eigenvalue weighted by atomic mass is 32.2. The molecule has 33 heavy (non-hydrogen) atoms. The number of carbonyl (C=O) groups is 1. The number of rotatable bonds is 8. The van der Waals surface area contributed by atoms with Gasteiger partial charge in [0.25, 0.3) is 5.56 Å². The maximum absolute atomic E-state index is 13.1. The Bertz CT molecular complexity index is 1460. The summed E-state index contributed by atoms with van der Waals surface area (Å²) in [5.41, 5.74) is 2.87. The summed E-state index contributed by atoms with van der Waals surface area (Å²) in [6, 6.07) is 21.7. The lowest BCUT2D eigenvalue weighted by Gasteiger charge is -2.09. The number of nitrogens with one attached hydrogen (secondary N) is 1. The average Bonchev–Trinajstić information content (AvgIpc) is 3.49. The zero-order chi connectivity index (χ0) is 22.6. The molecule has 0 fully saturated rings. The maximum atomic E-state index is 13.1. The Morgan fingerprint density at radius 1 is 0.970 bits per heavy atom. The van der Waals surface area contributed by atoms with Gasteiger partial charge in [0.2, 0.25) is 11.7 Å². The number of benzene rings is 2. The summed E-state index contributed by atoms with van der Waals surface area (Å²) in [5.74, 6) is 0.632. The summed E-state index contributed by atoms with van der Waals surface area (Å²) in [6.45, 7) is 0.981. The number of fused-ring (bicyclic) bond motifs is 3. The third kappa shape index (κ3) is 4.55. The summed E-state index contributed by atoms with van der Waals surface area (Å²) in [4.78, 5) is 25.5. The SMILES string of the molecule is O=C(CSc1nnc2n(Cc3ccccc3)c(=O)c3sccc3n12)NCCc1ccccc1. The van der Waals surface area contributed by atoms with Crippen LogP contribution in [0.2, 0.25) is 0 Å². The molecule has 1 N–H and O–H groups in total. The van der Waals surface area contributed by atoms with E-state index in [1.54, 1.807) is 4.57 Å². The van der Waals surface area contributed by atoms with Crippen molar-refractivity contribution in [2.24, 2.45) is 0 Å². The van der Waals surface area contributed by atoms with Crippen molar-refractivity contribution < 1.29 is 4.79 Å². The fourth-order valence-corrected chi connectivity index (χ4v) is 5.27. The van der Waals surface area contributed by atoms with Gasteiger partial charge in [0.1, 0.15) is 4.70 Å². The maximum Gasteiger partial charge on any atom is 0.273 e. The van der Waals surface area contributed by atoms with Gasteiger partial charge in [-0.3, -0.25) is 18.6 Å². The molecule has 166 valence electrons. The minimum absolute atomic E-state index is 0.0631. The Balaban J connectivity index is 1.36. The van der Waals surface area contributed by atoms with E-state index in [-0.39, 0.29) is 17.2 Å². The van der Waals surface area contributed by atoms with Crippen LogP contribution in [-0.4, -0.2) is 37.4 Å². The van der Waals surface area contributed by atoms with Crippen molar-refractivity contribution in [2.45, 2.75) is 18.1 Å². The lowest BCUT2D eigenvalue weighted by Crippen LogP contribution is -2.27. The first kappa shape index (κ1) is 21.4. The quantitative estimate of drug-likeness (QED) is 0.347. The van der Waals surface area contributed by atoms with Crippen molar-refractivity contribution in [3.05, 3.63) is 93.6 Å². The molecule has 3 aromatic heterocycles. The van der Waals surface area contributed by atoms with E-state index in [0.29, 0.717) is 28.7 Å². The molecule has 0 radical (unpaired) electrons. The van der Waals surface area contributed by atoms with Gasteiger partial charge in [-0.05, 0) is 29.0 Å². The first-order valence-corrected chi connectivity index (χ1v) is 12.4. The Morgan fingerprint density at radius 2 is 1.70 bits per heavy atom. The smallest absolute Gasteiger partial charge is 0.273 e. The lowest BCUT2D eigenvalue weighted by atomic mass is 10.1. The topological polar surface area (TPSA) is 81.3 Å². The number of aromatic nitrogens is 4. The predicted molar refractivity (Wildman–Crippen MR) is 132 cm³/mol. The van der Waals surface area contributed by atoms with Crippen molar-refractivity contribution >= 4 is 45.0 Å². The summed E-state index contributed by atoms with van der Waals surface area (Å²) in [7, 11) is 0. The number of nitrogens with zero attached hydrogens (tertiary/aromatic N) is 4. The molecule has 7 nitrogen and oxygen atoms in total. The minimum atomic E-state index is -0.0843. The van der Waals surface area contributed by atoms with E-state index < -0.39 is 0 Å². The van der Waals surface area contributed by atoms with E-state index in [4.69, 9.17) is 0 Å². The molecule has 2 aromatic carbocycles. The van der Waals surface area contributed by atoms with Crippen molar-refractivity contribution in [1.82, 2.24) is 24.5 Å². The normalized spacial score (nSPS) is 11.3. The van der Waals surface area contributed by atoms with Gasteiger partial charge >= 0.3 is 0 Å². The van der Waals surface area contributed by atoms with Gasteiger partial charge in [0, 0.05) is 6.54 Å². The van der Waals surface area contributed by atoms with Crippen molar-refractivity contribution in [3.8, 4) is 0 Å². The standard InChI is InChI=1S/C24H21N5O2S2/c30-20(25-13-11-17-7-3-1-4-8-17)16-33-24-27-26-23-28(15-18-9-5-2-6-10-18)22(31)21-19(29(23)24)12-14-32-21/h1-10,12,14H,11,13,15-16H2,(H,25,30). The number of hydrogen-bond donors (Lipinski definition) is 1. The first-order chi connectivity index (χ1) is 16.2. The molecule has 0 unspecified atom stereocenters. The molecule has 0 aliphatic carbocycles. The van der Waals surface area contributed by atoms with E-state index >= 15 is 0 Å². The largest absolute Gasteiger partial charge is 0.355 e. The van der Waals surface area contributed by atoms with Crippen LogP contribution in [0.5, 0.6) is 0 Å². The third-order valence-corrected chi connectivity index (χ3v) is 7.10. The van der Waals surface area contributed by atoms with E-state index in [9.17, 15) is 9.59 Å². The molecule has 0 spiro atoms. The minimum Gasteiger partial charge on any atom is -0.355 e. The molecule has 5 rings (SSSR count). The zero-order valence-corrected chi connectivity index (χ0v) is 19.3. The van der Waals surface area contributed by atoms with Crippen LogP contribution in [0, 0.1) is 0 Å². The molecule has 0 bridgehead atoms. The lowest BCUT2D eigenvalue weighted by molar-refractivity contribution is -0.118. The monoisotopic (exact) mass is 475 g/mol. The highest BCUT2D eigenvalue weighted by Crippen LogP contribution is 2.24. The Labute approximate surface area is 198 Å². The van der Waals surface area contributed by atoms with Crippen LogP contribution >= 0.6 is 23.1 Å². The third-order valence-electron chi connectivity index (χ3n) is 5.28. The van der Waals surface area contributed by atoms with Gasteiger partial charge in [-0.2, -0.15) is 0 Å². The van der Waals surface area contributed by atoms with E-state index in [0.717, 1.165) is 17.5 Å². The molecular weight excluding hydrogens is 454 g/mol. The van der Waals surface area contributed by atoms with Crippen LogP contribution in [0.3, 0.4) is 0 Å². The van der Waals surface area contributed by atoms with Crippen molar-refractivity contribution in [2.75, 3.05) is 12.3 Å². The molecule has 1 amide bonds. The zero-order valence-electron chi connectivity index (χ0n) is 17.7. The molecule has 0 saturated heterocycles. The molecule has 3 heterocycles. The van der Waals surface area contributed by atoms with Gasteiger partial charge < -0.3 is 5.32 Å². The van der Waals surface area contributed by atoms with Crippen LogP contribution < -0.4 is 10.9 Å². The molecule has 9 heteroatoms. The van der Waals surface area contributed by atoms with E-state index in [2.05, 4.69) is 15.5 Å². The van der Waals surface area contributed by atoms with Gasteiger partial charge in [0.05, 0.1) is 17.8 Å². The molecule has 0 saturated carbocycles. The van der Waals surface area contributed by atoms with Crippen LogP contribution in [-0.2, 0) is 17.8 Å². The number of carbonyl (C=O) groups excluding carboxylic acids is 1. The van der Waals surface area contributed by atoms with Crippen molar-refractivity contribution in [3.63, 3.8) is 0 Å². The first-order valence-electron chi connectivity index (χ1n) is 10.5. The second-order valence-electron chi connectivity index (χ2n) is 7.50. The Hall–Kier alpha value is -3.43. The molecular formula is C24H21N5O2S2. The summed E-state index contributed by atoms with van der Waals surface area (Å²) in [5, 5.41) is 14.1. The highest BCUT2D eigenvalue weighted by molar-refractivity contribution is 7.99. The van der Waals surface area contributed by atoms with E-state index in [1.165, 1.54) is 28.7 Å². The number of hydrogen-bond acceptors (Lipinski definition) is 6. The summed E-state index contributed by atoms with van der Waals surface area (Å²) in [6.07, 6.45) is 0.784. The summed E-state index contributed by atoms with van der Waals surface area (Å²) < 4.78 is 4.16. The van der Waals surface area contributed by atoms with Crippen LogP contribution in [0.4, 0.5) is 0 Å². The second kappa shape index (κ2) is 9.60. The van der Waals surface area contributed by atoms with Gasteiger partial charge in [-0.15, -0.1) is 21.5 Å². The molecule has 5 aromatic rings. The summed E-state index contributed by atoms with van der Waals surface area (Å²) >= 11 is 2.72. The van der Waals surface area contributed by atoms with Crippen LogP contribution in [0.15, 0.2) is 82.1 Å². The molecule has 0 atom stereocenters. The highest BCUT2D eigenvalue weighted by Gasteiger charge is 2.18.